The Kier molecular flexibility index (Phi) is 4.95. The zero-order valence-corrected chi connectivity index (χ0v) is 13.1. The van der Waals surface area contributed by atoms with Crippen LogP contribution in [0.25, 0.3) is 0 Å². The molecule has 3 rings (SSSR count). The van der Waals surface area contributed by atoms with Crippen LogP contribution in [-0.2, 0) is 11.3 Å². The van der Waals surface area contributed by atoms with Gasteiger partial charge in [-0.1, -0.05) is 30.3 Å². The lowest BCUT2D eigenvalue weighted by Gasteiger charge is -2.21. The number of nitrogens with one attached hydrogen (secondary N) is 1. The predicted molar refractivity (Wildman–Crippen MR) is 84.2 cm³/mol. The zero-order chi connectivity index (χ0) is 14.5. The second-order valence-electron chi connectivity index (χ2n) is 5.52. The van der Waals surface area contributed by atoms with Crippen molar-refractivity contribution in [2.45, 2.75) is 32.4 Å². The Morgan fingerprint density at radius 3 is 2.86 bits per heavy atom. The average molecular weight is 303 g/mol. The van der Waals surface area contributed by atoms with Crippen LogP contribution in [-0.4, -0.2) is 23.4 Å². The molecule has 2 atom stereocenters. The minimum atomic E-state index is 0.349. The first-order valence-corrected chi connectivity index (χ1v) is 8.28. The van der Waals surface area contributed by atoms with E-state index in [0.29, 0.717) is 12.0 Å². The summed E-state index contributed by atoms with van der Waals surface area (Å²) in [5, 5.41) is 14.0. The fourth-order valence-electron chi connectivity index (χ4n) is 2.74. The highest BCUT2D eigenvalue weighted by Crippen LogP contribution is 2.27. The molecular weight excluding hydrogens is 282 g/mol. The molecule has 0 saturated carbocycles. The molecule has 0 radical (unpaired) electrons. The maximum atomic E-state index is 5.51. The third-order valence-corrected chi connectivity index (χ3v) is 4.70. The molecule has 1 aromatic carbocycles. The van der Waals surface area contributed by atoms with Crippen molar-refractivity contribution >= 4 is 11.3 Å². The summed E-state index contributed by atoms with van der Waals surface area (Å²) in [6.45, 7) is 4.56. The first kappa shape index (κ1) is 14.6. The highest BCUT2D eigenvalue weighted by Gasteiger charge is 2.21. The molecule has 0 spiro atoms. The summed E-state index contributed by atoms with van der Waals surface area (Å²) in [7, 11) is 0. The summed E-state index contributed by atoms with van der Waals surface area (Å²) in [6.07, 6.45) is 2.28. The Balaban J connectivity index is 1.66. The van der Waals surface area contributed by atoms with E-state index in [1.54, 1.807) is 11.3 Å². The molecule has 0 unspecified atom stereocenters. The van der Waals surface area contributed by atoms with Crippen molar-refractivity contribution in [1.82, 2.24) is 15.5 Å². The topological polar surface area (TPSA) is 47.0 Å². The number of hydrogen-bond acceptors (Lipinski definition) is 5. The number of hydrogen-bond donors (Lipinski definition) is 1. The van der Waals surface area contributed by atoms with E-state index in [1.165, 1.54) is 12.0 Å². The minimum Gasteiger partial charge on any atom is -0.381 e. The van der Waals surface area contributed by atoms with Gasteiger partial charge in [0.2, 0.25) is 0 Å². The first-order valence-electron chi connectivity index (χ1n) is 7.46. The van der Waals surface area contributed by atoms with E-state index in [1.807, 2.05) is 6.92 Å². The summed E-state index contributed by atoms with van der Waals surface area (Å²) in [5.74, 6) is 0.652. The number of nitrogens with zero attached hydrogens (tertiary/aromatic N) is 2. The van der Waals surface area contributed by atoms with E-state index in [0.717, 1.165) is 36.2 Å². The van der Waals surface area contributed by atoms with Gasteiger partial charge < -0.3 is 10.1 Å². The SMILES string of the molecule is Cc1nnc(CN[C@H](C[C@@H]2CCOC2)c2ccccc2)s1. The van der Waals surface area contributed by atoms with Crippen molar-refractivity contribution in [2.24, 2.45) is 5.92 Å². The van der Waals surface area contributed by atoms with E-state index >= 15 is 0 Å². The van der Waals surface area contributed by atoms with Gasteiger partial charge in [0.25, 0.3) is 0 Å². The second kappa shape index (κ2) is 7.11. The quantitative estimate of drug-likeness (QED) is 0.891. The molecule has 1 N–H and O–H groups in total. The Morgan fingerprint density at radius 1 is 1.33 bits per heavy atom. The van der Waals surface area contributed by atoms with Crippen LogP contribution in [0.4, 0.5) is 0 Å². The smallest absolute Gasteiger partial charge is 0.131 e. The van der Waals surface area contributed by atoms with Crippen LogP contribution in [0.3, 0.4) is 0 Å². The maximum absolute atomic E-state index is 5.51. The molecule has 0 amide bonds. The molecule has 4 nitrogen and oxygen atoms in total. The van der Waals surface area contributed by atoms with Crippen LogP contribution in [0.1, 0.15) is 34.5 Å². The van der Waals surface area contributed by atoms with Crippen LogP contribution in [0.2, 0.25) is 0 Å². The van der Waals surface area contributed by atoms with Crippen LogP contribution < -0.4 is 5.32 Å². The fraction of sp³-hybridized carbons (Fsp3) is 0.500. The predicted octanol–water partition coefficient (Wildman–Crippen LogP) is 3.10. The zero-order valence-electron chi connectivity index (χ0n) is 12.3. The van der Waals surface area contributed by atoms with E-state index in [2.05, 4.69) is 45.8 Å². The molecule has 2 aromatic rings. The van der Waals surface area contributed by atoms with Crippen molar-refractivity contribution in [3.8, 4) is 0 Å². The number of aryl methyl sites for hydroxylation is 1. The lowest BCUT2D eigenvalue weighted by Crippen LogP contribution is -2.23. The third-order valence-electron chi connectivity index (χ3n) is 3.86. The van der Waals surface area contributed by atoms with Crippen molar-refractivity contribution in [1.29, 1.82) is 0 Å². The fourth-order valence-corrected chi connectivity index (χ4v) is 3.40. The Morgan fingerprint density at radius 2 is 2.19 bits per heavy atom. The van der Waals surface area contributed by atoms with Gasteiger partial charge in [0, 0.05) is 19.3 Å². The molecule has 0 aliphatic carbocycles. The summed E-state index contributed by atoms with van der Waals surface area (Å²) in [6, 6.07) is 11.0. The van der Waals surface area contributed by atoms with Crippen molar-refractivity contribution in [3.05, 3.63) is 45.9 Å². The van der Waals surface area contributed by atoms with Gasteiger partial charge in [0.05, 0.1) is 6.54 Å². The summed E-state index contributed by atoms with van der Waals surface area (Å²) < 4.78 is 5.51. The standard InChI is InChI=1S/C16H21N3OS/c1-12-18-19-16(21-12)10-17-15(9-13-7-8-20-11-13)14-5-3-2-4-6-14/h2-6,13,15,17H,7-11H2,1H3/t13-,15+/m0/s1. The van der Waals surface area contributed by atoms with Crippen LogP contribution in [0, 0.1) is 12.8 Å². The van der Waals surface area contributed by atoms with Gasteiger partial charge in [-0.3, -0.25) is 0 Å². The number of ether oxygens (including phenoxy) is 1. The Hall–Kier alpha value is -1.30. The summed E-state index contributed by atoms with van der Waals surface area (Å²) in [4.78, 5) is 0. The number of aromatic nitrogens is 2. The van der Waals surface area contributed by atoms with E-state index in [4.69, 9.17) is 4.74 Å². The lowest BCUT2D eigenvalue weighted by molar-refractivity contribution is 0.181. The molecule has 0 bridgehead atoms. The normalized spacial score (nSPS) is 19.8. The Labute approximate surface area is 129 Å². The molecule has 1 aliphatic rings. The molecule has 1 aromatic heterocycles. The molecule has 1 saturated heterocycles. The molecule has 1 fully saturated rings. The average Bonchev–Trinajstić information content (AvgIpc) is 3.16. The van der Waals surface area contributed by atoms with Crippen LogP contribution in [0.15, 0.2) is 30.3 Å². The highest BCUT2D eigenvalue weighted by atomic mass is 32.1. The van der Waals surface area contributed by atoms with Gasteiger partial charge in [-0.2, -0.15) is 0 Å². The van der Waals surface area contributed by atoms with Gasteiger partial charge >= 0.3 is 0 Å². The van der Waals surface area contributed by atoms with Crippen molar-refractivity contribution in [2.75, 3.05) is 13.2 Å². The molecule has 5 heteroatoms. The van der Waals surface area contributed by atoms with Gasteiger partial charge in [-0.15, -0.1) is 21.5 Å². The van der Waals surface area contributed by atoms with Crippen LogP contribution in [0.5, 0.6) is 0 Å². The lowest BCUT2D eigenvalue weighted by atomic mass is 9.94. The van der Waals surface area contributed by atoms with Gasteiger partial charge in [-0.25, -0.2) is 0 Å². The molecular formula is C16H21N3OS. The minimum absolute atomic E-state index is 0.349. The van der Waals surface area contributed by atoms with Gasteiger partial charge in [-0.05, 0) is 31.2 Å². The van der Waals surface area contributed by atoms with Crippen LogP contribution >= 0.6 is 11.3 Å². The van der Waals surface area contributed by atoms with E-state index in [-0.39, 0.29) is 0 Å². The van der Waals surface area contributed by atoms with Gasteiger partial charge in [0.15, 0.2) is 0 Å². The summed E-state index contributed by atoms with van der Waals surface area (Å²) in [5.41, 5.74) is 1.34. The number of rotatable bonds is 6. The van der Waals surface area contributed by atoms with Crippen molar-refractivity contribution in [3.63, 3.8) is 0 Å². The van der Waals surface area contributed by atoms with E-state index < -0.39 is 0 Å². The van der Waals surface area contributed by atoms with Gasteiger partial charge in [0.1, 0.15) is 10.0 Å². The van der Waals surface area contributed by atoms with E-state index in [9.17, 15) is 0 Å². The maximum Gasteiger partial charge on any atom is 0.131 e. The molecule has 1 aliphatic heterocycles. The first-order chi connectivity index (χ1) is 10.3. The number of benzene rings is 1. The largest absolute Gasteiger partial charge is 0.381 e. The third kappa shape index (κ3) is 4.09. The molecule has 21 heavy (non-hydrogen) atoms. The van der Waals surface area contributed by atoms with Crippen molar-refractivity contribution < 1.29 is 4.74 Å². The monoisotopic (exact) mass is 303 g/mol. The molecule has 2 heterocycles. The summed E-state index contributed by atoms with van der Waals surface area (Å²) >= 11 is 1.66. The second-order valence-corrected chi connectivity index (χ2v) is 6.79. The Bertz CT molecular complexity index is 552. The molecule has 112 valence electrons. The highest BCUT2D eigenvalue weighted by molar-refractivity contribution is 7.11.